The van der Waals surface area contributed by atoms with Crippen LogP contribution in [0, 0.1) is 5.92 Å². The summed E-state index contributed by atoms with van der Waals surface area (Å²) in [4.78, 5) is 25.3. The number of nitrogens with zero attached hydrogens (tertiary/aromatic N) is 4. The zero-order valence-electron chi connectivity index (χ0n) is 17.7. The number of amides is 1. The number of likely N-dealkylation sites (tertiary alicyclic amines) is 1. The zero-order chi connectivity index (χ0) is 19.8. The first-order chi connectivity index (χ1) is 13.7. The van der Waals surface area contributed by atoms with Gasteiger partial charge in [0.05, 0.1) is 0 Å². The summed E-state index contributed by atoms with van der Waals surface area (Å²) in [5.74, 6) is 2.64. The number of carbonyl (C=O) groups excluding carboxylic acids is 1. The van der Waals surface area contributed by atoms with Gasteiger partial charge in [0.2, 0.25) is 5.91 Å². The number of piperidine rings is 2. The van der Waals surface area contributed by atoms with E-state index in [1.807, 2.05) is 13.2 Å². The lowest BCUT2D eigenvalue weighted by Crippen LogP contribution is -2.45. The first-order valence-electron chi connectivity index (χ1n) is 10.6. The number of rotatable bonds is 5. The van der Waals surface area contributed by atoms with Gasteiger partial charge in [-0.25, -0.2) is 4.98 Å². The summed E-state index contributed by atoms with van der Waals surface area (Å²) < 4.78 is 0. The van der Waals surface area contributed by atoms with Crippen LogP contribution in [0.1, 0.15) is 44.1 Å². The van der Waals surface area contributed by atoms with E-state index in [4.69, 9.17) is 0 Å². The molecule has 0 unspecified atom stereocenters. The number of hydrogen-bond acceptors (Lipinski definition) is 4. The van der Waals surface area contributed by atoms with E-state index < -0.39 is 0 Å². The van der Waals surface area contributed by atoms with E-state index in [1.54, 1.807) is 7.05 Å². The molecule has 2 aliphatic rings. The molecule has 1 amide bonds. The van der Waals surface area contributed by atoms with Gasteiger partial charge in [-0.1, -0.05) is 0 Å². The molecule has 0 atom stereocenters. The van der Waals surface area contributed by atoms with Crippen LogP contribution in [0.3, 0.4) is 0 Å². The summed E-state index contributed by atoms with van der Waals surface area (Å²) >= 11 is 0. The molecule has 7 nitrogen and oxygen atoms in total. The van der Waals surface area contributed by atoms with E-state index in [-0.39, 0.29) is 29.9 Å². The third-order valence-corrected chi connectivity index (χ3v) is 5.82. The lowest BCUT2D eigenvalue weighted by molar-refractivity contribution is -0.121. The van der Waals surface area contributed by atoms with Crippen molar-refractivity contribution >= 4 is 41.7 Å². The Hall–Kier alpha value is -1.58. The Morgan fingerprint density at radius 1 is 1.21 bits per heavy atom. The van der Waals surface area contributed by atoms with Crippen molar-refractivity contribution in [3.63, 3.8) is 0 Å². The Balaban J connectivity index is 0.00000300. The predicted octanol–water partition coefficient (Wildman–Crippen LogP) is 2.61. The van der Waals surface area contributed by atoms with Gasteiger partial charge >= 0.3 is 0 Å². The van der Waals surface area contributed by atoms with Gasteiger partial charge < -0.3 is 20.4 Å². The summed E-state index contributed by atoms with van der Waals surface area (Å²) in [5, 5.41) is 6.23. The molecule has 1 aromatic heterocycles. The van der Waals surface area contributed by atoms with E-state index in [2.05, 4.69) is 42.5 Å². The number of halogens is 1. The summed E-state index contributed by atoms with van der Waals surface area (Å²) in [7, 11) is 3.55. The molecule has 1 aromatic rings. The molecule has 3 rings (SSSR count). The van der Waals surface area contributed by atoms with Crippen molar-refractivity contribution in [1.82, 2.24) is 20.5 Å². The highest BCUT2D eigenvalue weighted by Crippen LogP contribution is 2.21. The molecule has 0 bridgehead atoms. The summed E-state index contributed by atoms with van der Waals surface area (Å²) in [6, 6.07) is 4.27. The van der Waals surface area contributed by atoms with Gasteiger partial charge in [0.25, 0.3) is 0 Å². The molecular weight excluding hydrogens is 479 g/mol. The predicted molar refractivity (Wildman–Crippen MR) is 129 cm³/mol. The topological polar surface area (TPSA) is 72.9 Å². The maximum Gasteiger partial charge on any atom is 0.220 e. The standard InChI is InChI=1S/C21H34N6O.HI/c1-22-20(28)15-17-7-12-27(13-8-17)21(23-2)25-16-18-6-9-24-19(14-18)26-10-4-3-5-11-26;/h6,9,14,17H,3-5,7-8,10-13,15-16H2,1-2H3,(H,22,28)(H,23,25);1H. The van der Waals surface area contributed by atoms with Crippen molar-refractivity contribution in [3.05, 3.63) is 23.9 Å². The van der Waals surface area contributed by atoms with Gasteiger partial charge in [-0.15, -0.1) is 24.0 Å². The molecule has 3 heterocycles. The molecule has 8 heteroatoms. The van der Waals surface area contributed by atoms with E-state index in [0.717, 1.165) is 57.3 Å². The molecule has 0 radical (unpaired) electrons. The summed E-state index contributed by atoms with van der Waals surface area (Å²) in [6.07, 6.45) is 8.44. The second-order valence-electron chi connectivity index (χ2n) is 7.78. The number of aliphatic imine (C=N–C) groups is 1. The third kappa shape index (κ3) is 7.01. The third-order valence-electron chi connectivity index (χ3n) is 5.82. The second-order valence-corrected chi connectivity index (χ2v) is 7.78. The molecule has 0 aromatic carbocycles. The van der Waals surface area contributed by atoms with Crippen LogP contribution in [0.5, 0.6) is 0 Å². The fourth-order valence-corrected chi connectivity index (χ4v) is 4.09. The van der Waals surface area contributed by atoms with Crippen molar-refractivity contribution in [1.29, 1.82) is 0 Å². The number of anilines is 1. The second kappa shape index (κ2) is 12.2. The molecular formula is C21H35IN6O. The largest absolute Gasteiger partial charge is 0.359 e. The first-order valence-corrected chi connectivity index (χ1v) is 10.6. The number of nitrogens with one attached hydrogen (secondary N) is 2. The van der Waals surface area contributed by atoms with E-state index >= 15 is 0 Å². The Bertz CT molecular complexity index is 669. The molecule has 0 saturated carbocycles. The monoisotopic (exact) mass is 514 g/mol. The summed E-state index contributed by atoms with van der Waals surface area (Å²) in [5.41, 5.74) is 1.23. The Kier molecular flexibility index (Phi) is 9.96. The van der Waals surface area contributed by atoms with Gasteiger partial charge in [0.15, 0.2) is 5.96 Å². The lowest BCUT2D eigenvalue weighted by atomic mass is 9.93. The highest BCUT2D eigenvalue weighted by Gasteiger charge is 2.23. The molecule has 0 aliphatic carbocycles. The number of aromatic nitrogens is 1. The van der Waals surface area contributed by atoms with Gasteiger partial charge in [0.1, 0.15) is 5.82 Å². The molecule has 0 spiro atoms. The highest BCUT2D eigenvalue weighted by atomic mass is 127. The molecule has 162 valence electrons. The van der Waals surface area contributed by atoms with Crippen molar-refractivity contribution in [2.45, 2.75) is 45.1 Å². The maximum atomic E-state index is 11.6. The van der Waals surface area contributed by atoms with E-state index in [1.165, 1.54) is 24.8 Å². The molecule has 29 heavy (non-hydrogen) atoms. The van der Waals surface area contributed by atoms with E-state index in [9.17, 15) is 4.79 Å². The number of guanidine groups is 1. The lowest BCUT2D eigenvalue weighted by Gasteiger charge is -2.34. The molecule has 2 aliphatic heterocycles. The maximum absolute atomic E-state index is 11.6. The zero-order valence-corrected chi connectivity index (χ0v) is 20.0. The Morgan fingerprint density at radius 3 is 2.59 bits per heavy atom. The number of carbonyl (C=O) groups is 1. The summed E-state index contributed by atoms with van der Waals surface area (Å²) in [6.45, 7) is 4.84. The van der Waals surface area contributed by atoms with Crippen LogP contribution < -0.4 is 15.5 Å². The number of pyridine rings is 1. The molecule has 2 saturated heterocycles. The fraction of sp³-hybridized carbons (Fsp3) is 0.667. The average Bonchev–Trinajstić information content (AvgIpc) is 2.76. The van der Waals surface area contributed by atoms with Crippen molar-refractivity contribution in [2.24, 2.45) is 10.9 Å². The van der Waals surface area contributed by atoms with Crippen molar-refractivity contribution in [2.75, 3.05) is 45.2 Å². The Morgan fingerprint density at radius 2 is 1.93 bits per heavy atom. The van der Waals surface area contributed by atoms with E-state index in [0.29, 0.717) is 12.3 Å². The van der Waals surface area contributed by atoms with Crippen LogP contribution in [0.4, 0.5) is 5.82 Å². The van der Waals surface area contributed by atoms with Crippen molar-refractivity contribution in [3.8, 4) is 0 Å². The Labute approximate surface area is 191 Å². The molecule has 2 N–H and O–H groups in total. The van der Waals surface area contributed by atoms with Crippen LogP contribution in [0.15, 0.2) is 23.3 Å². The minimum atomic E-state index is 0. The smallest absolute Gasteiger partial charge is 0.220 e. The molecule has 2 fully saturated rings. The first kappa shape index (κ1) is 23.7. The van der Waals surface area contributed by atoms with Gasteiger partial charge in [-0.2, -0.15) is 0 Å². The SMILES string of the molecule is CN=C(NCc1ccnc(N2CCCCC2)c1)N1CCC(CC(=O)NC)CC1.I. The van der Waals surface area contributed by atoms with Crippen LogP contribution in [-0.2, 0) is 11.3 Å². The van der Waals surface area contributed by atoms with Crippen LogP contribution in [-0.4, -0.2) is 62.0 Å². The minimum absolute atomic E-state index is 0. The van der Waals surface area contributed by atoms with Gasteiger partial charge in [-0.05, 0) is 55.7 Å². The minimum Gasteiger partial charge on any atom is -0.359 e. The van der Waals surface area contributed by atoms with Crippen molar-refractivity contribution < 1.29 is 4.79 Å². The van der Waals surface area contributed by atoms with Gasteiger partial charge in [-0.3, -0.25) is 9.79 Å². The van der Waals surface area contributed by atoms with Crippen LogP contribution in [0.2, 0.25) is 0 Å². The van der Waals surface area contributed by atoms with Gasteiger partial charge in [0, 0.05) is 59.4 Å². The quantitative estimate of drug-likeness (QED) is 0.359. The highest BCUT2D eigenvalue weighted by molar-refractivity contribution is 14.0. The van der Waals surface area contributed by atoms with Crippen LogP contribution >= 0.6 is 24.0 Å². The van der Waals surface area contributed by atoms with Crippen LogP contribution in [0.25, 0.3) is 0 Å². The average molecular weight is 514 g/mol. The normalized spacial score (nSPS) is 18.2. The fourth-order valence-electron chi connectivity index (χ4n) is 4.09. The number of hydrogen-bond donors (Lipinski definition) is 2.